The summed E-state index contributed by atoms with van der Waals surface area (Å²) in [6.45, 7) is 8.75. The number of piperidine rings is 1. The van der Waals surface area contributed by atoms with Crippen LogP contribution in [0, 0.1) is 0 Å². The van der Waals surface area contributed by atoms with Crippen LogP contribution in [0.1, 0.15) is 38.1 Å². The molecule has 0 radical (unpaired) electrons. The van der Waals surface area contributed by atoms with Crippen molar-refractivity contribution in [3.8, 4) is 0 Å². The summed E-state index contributed by atoms with van der Waals surface area (Å²) in [5.74, 6) is 0. The zero-order valence-corrected chi connectivity index (χ0v) is 13.8. The highest BCUT2D eigenvalue weighted by atomic mass is 79.9. The monoisotopic (exact) mass is 328 g/mol. The number of halogens is 1. The third-order valence-electron chi connectivity index (χ3n) is 4.05. The zero-order valence-electron chi connectivity index (χ0n) is 12.2. The van der Waals surface area contributed by atoms with Crippen molar-refractivity contribution in [3.05, 3.63) is 15.9 Å². The molecule has 1 aliphatic heterocycles. The van der Waals surface area contributed by atoms with Crippen LogP contribution in [0.4, 0.5) is 0 Å². The topological polar surface area (TPSA) is 33.1 Å². The van der Waals surface area contributed by atoms with Crippen LogP contribution in [-0.4, -0.2) is 40.4 Å². The standard InChI is InChI=1S/C14H25BrN4/c1-4-12-14(15)13(18(3)17-12)10-19(5-2)11-7-6-8-16-9-11/h11,16H,4-10H2,1-3H3. The van der Waals surface area contributed by atoms with Crippen molar-refractivity contribution in [2.45, 2.75) is 45.7 Å². The average Bonchev–Trinajstić information content (AvgIpc) is 2.72. The molecule has 0 amide bonds. The van der Waals surface area contributed by atoms with Gasteiger partial charge in [-0.2, -0.15) is 5.10 Å². The maximum absolute atomic E-state index is 4.59. The molecule has 1 atom stereocenters. The van der Waals surface area contributed by atoms with Crippen LogP contribution in [0.15, 0.2) is 4.47 Å². The van der Waals surface area contributed by atoms with Gasteiger partial charge in [-0.05, 0) is 48.3 Å². The number of aryl methyl sites for hydroxylation is 2. The first kappa shape index (κ1) is 15.0. The van der Waals surface area contributed by atoms with Crippen molar-refractivity contribution >= 4 is 15.9 Å². The van der Waals surface area contributed by atoms with Crippen LogP contribution in [0.5, 0.6) is 0 Å². The second-order valence-electron chi connectivity index (χ2n) is 5.25. The number of hydrogen-bond acceptors (Lipinski definition) is 3. The summed E-state index contributed by atoms with van der Waals surface area (Å²) in [6, 6.07) is 0.658. The van der Waals surface area contributed by atoms with Gasteiger partial charge in [0.05, 0.1) is 15.9 Å². The summed E-state index contributed by atoms with van der Waals surface area (Å²) in [6.07, 6.45) is 3.57. The van der Waals surface area contributed by atoms with Crippen LogP contribution in [-0.2, 0) is 20.0 Å². The van der Waals surface area contributed by atoms with E-state index in [1.807, 2.05) is 11.7 Å². The number of rotatable bonds is 5. The molecule has 4 nitrogen and oxygen atoms in total. The smallest absolute Gasteiger partial charge is 0.0767 e. The first-order valence-electron chi connectivity index (χ1n) is 7.32. The highest BCUT2D eigenvalue weighted by Crippen LogP contribution is 2.24. The van der Waals surface area contributed by atoms with E-state index in [9.17, 15) is 0 Å². The van der Waals surface area contributed by atoms with Gasteiger partial charge < -0.3 is 5.32 Å². The summed E-state index contributed by atoms with van der Waals surface area (Å²) in [7, 11) is 2.05. The highest BCUT2D eigenvalue weighted by Gasteiger charge is 2.22. The lowest BCUT2D eigenvalue weighted by atomic mass is 10.1. The summed E-state index contributed by atoms with van der Waals surface area (Å²) in [5, 5.41) is 8.09. The highest BCUT2D eigenvalue weighted by molar-refractivity contribution is 9.10. The van der Waals surface area contributed by atoms with Gasteiger partial charge in [-0.3, -0.25) is 9.58 Å². The fourth-order valence-electron chi connectivity index (χ4n) is 2.83. The first-order chi connectivity index (χ1) is 9.17. The largest absolute Gasteiger partial charge is 0.315 e. The van der Waals surface area contributed by atoms with E-state index in [0.717, 1.165) is 31.7 Å². The second kappa shape index (κ2) is 6.86. The molecular weight excluding hydrogens is 304 g/mol. The molecule has 1 N–H and O–H groups in total. The van der Waals surface area contributed by atoms with Crippen LogP contribution in [0.2, 0.25) is 0 Å². The molecule has 2 heterocycles. The lowest BCUT2D eigenvalue weighted by molar-refractivity contribution is 0.162. The second-order valence-corrected chi connectivity index (χ2v) is 6.04. The predicted octanol–water partition coefficient (Wildman–Crippen LogP) is 2.32. The molecule has 1 aromatic rings. The molecule has 1 unspecified atom stereocenters. The molecule has 0 spiro atoms. The van der Waals surface area contributed by atoms with Gasteiger partial charge in [0, 0.05) is 26.2 Å². The Hall–Kier alpha value is -0.390. The molecular formula is C14H25BrN4. The summed E-state index contributed by atoms with van der Waals surface area (Å²) >= 11 is 3.72. The van der Waals surface area contributed by atoms with Gasteiger partial charge in [-0.1, -0.05) is 13.8 Å². The minimum atomic E-state index is 0.658. The molecule has 108 valence electrons. The Kier molecular flexibility index (Phi) is 5.42. The van der Waals surface area contributed by atoms with E-state index < -0.39 is 0 Å². The van der Waals surface area contributed by atoms with Crippen LogP contribution >= 0.6 is 15.9 Å². The molecule has 0 aliphatic carbocycles. The average molecular weight is 329 g/mol. The summed E-state index contributed by atoms with van der Waals surface area (Å²) in [5.41, 5.74) is 2.46. The zero-order chi connectivity index (χ0) is 13.8. The van der Waals surface area contributed by atoms with Crippen molar-refractivity contribution in [1.29, 1.82) is 0 Å². The van der Waals surface area contributed by atoms with Gasteiger partial charge in [-0.15, -0.1) is 0 Å². The maximum atomic E-state index is 4.59. The maximum Gasteiger partial charge on any atom is 0.0767 e. The van der Waals surface area contributed by atoms with Crippen LogP contribution in [0.3, 0.4) is 0 Å². The van der Waals surface area contributed by atoms with E-state index in [2.05, 4.69) is 45.1 Å². The molecule has 1 aromatic heterocycles. The third kappa shape index (κ3) is 3.38. The Balaban J connectivity index is 2.11. The molecule has 0 saturated carbocycles. The SMILES string of the molecule is CCc1nn(C)c(CN(CC)C2CCCNC2)c1Br. The minimum Gasteiger partial charge on any atom is -0.315 e. The number of likely N-dealkylation sites (N-methyl/N-ethyl adjacent to an activating group) is 1. The van der Waals surface area contributed by atoms with E-state index in [4.69, 9.17) is 0 Å². The third-order valence-corrected chi connectivity index (χ3v) is 4.96. The molecule has 19 heavy (non-hydrogen) atoms. The molecule has 0 aromatic carbocycles. The fraction of sp³-hybridized carbons (Fsp3) is 0.786. The van der Waals surface area contributed by atoms with E-state index in [-0.39, 0.29) is 0 Å². The Morgan fingerprint density at radius 3 is 2.79 bits per heavy atom. The molecule has 1 aliphatic rings. The van der Waals surface area contributed by atoms with Crippen LogP contribution < -0.4 is 5.32 Å². The van der Waals surface area contributed by atoms with Crippen molar-refractivity contribution in [2.75, 3.05) is 19.6 Å². The lowest BCUT2D eigenvalue weighted by Gasteiger charge is -2.33. The predicted molar refractivity (Wildman–Crippen MR) is 82.3 cm³/mol. The van der Waals surface area contributed by atoms with Crippen molar-refractivity contribution in [1.82, 2.24) is 20.0 Å². The summed E-state index contributed by atoms with van der Waals surface area (Å²) < 4.78 is 3.22. The van der Waals surface area contributed by atoms with Crippen molar-refractivity contribution in [2.24, 2.45) is 7.05 Å². The Bertz CT molecular complexity index is 410. The van der Waals surface area contributed by atoms with Gasteiger partial charge in [-0.25, -0.2) is 0 Å². The van der Waals surface area contributed by atoms with E-state index >= 15 is 0 Å². The molecule has 0 bridgehead atoms. The summed E-state index contributed by atoms with van der Waals surface area (Å²) in [4.78, 5) is 2.56. The number of nitrogens with one attached hydrogen (secondary N) is 1. The minimum absolute atomic E-state index is 0.658. The van der Waals surface area contributed by atoms with E-state index in [0.29, 0.717) is 6.04 Å². The lowest BCUT2D eigenvalue weighted by Crippen LogP contribution is -2.45. The molecule has 2 rings (SSSR count). The molecule has 1 fully saturated rings. The van der Waals surface area contributed by atoms with Crippen molar-refractivity contribution < 1.29 is 0 Å². The normalized spacial score (nSPS) is 20.2. The van der Waals surface area contributed by atoms with Gasteiger partial charge in [0.25, 0.3) is 0 Å². The Labute approximate surface area is 124 Å². The number of aromatic nitrogens is 2. The first-order valence-corrected chi connectivity index (χ1v) is 8.11. The van der Waals surface area contributed by atoms with Crippen molar-refractivity contribution in [3.63, 3.8) is 0 Å². The number of nitrogens with zero attached hydrogens (tertiary/aromatic N) is 3. The van der Waals surface area contributed by atoms with E-state index in [1.165, 1.54) is 29.6 Å². The quantitative estimate of drug-likeness (QED) is 0.900. The number of hydrogen-bond donors (Lipinski definition) is 1. The molecule has 1 saturated heterocycles. The fourth-order valence-corrected chi connectivity index (χ4v) is 3.57. The van der Waals surface area contributed by atoms with E-state index in [1.54, 1.807) is 0 Å². The van der Waals surface area contributed by atoms with Gasteiger partial charge in [0.1, 0.15) is 0 Å². The van der Waals surface area contributed by atoms with Gasteiger partial charge in [0.15, 0.2) is 0 Å². The Morgan fingerprint density at radius 1 is 1.47 bits per heavy atom. The van der Waals surface area contributed by atoms with Gasteiger partial charge in [0.2, 0.25) is 0 Å². The van der Waals surface area contributed by atoms with Crippen LogP contribution in [0.25, 0.3) is 0 Å². The van der Waals surface area contributed by atoms with Gasteiger partial charge >= 0.3 is 0 Å². The molecule has 5 heteroatoms. The Morgan fingerprint density at radius 2 is 2.26 bits per heavy atom.